The van der Waals surface area contributed by atoms with E-state index in [1.807, 2.05) is 0 Å². The molecule has 0 atom stereocenters. The Morgan fingerprint density at radius 1 is 1.50 bits per heavy atom. The second-order valence-corrected chi connectivity index (χ2v) is 2.36. The zero-order valence-electron chi connectivity index (χ0n) is 6.50. The van der Waals surface area contributed by atoms with Crippen LogP contribution in [-0.2, 0) is 4.79 Å². The molecule has 1 aliphatic rings. The number of nitrogens with one attached hydrogen (secondary N) is 2. The van der Waals surface area contributed by atoms with Crippen molar-refractivity contribution in [1.82, 2.24) is 5.32 Å². The van der Waals surface area contributed by atoms with E-state index in [0.717, 1.165) is 0 Å². The Balaban J connectivity index is 2.62. The number of allylic oxidation sites excluding steroid dienone is 3. The molecule has 0 spiro atoms. The van der Waals surface area contributed by atoms with E-state index in [0.29, 0.717) is 12.2 Å². The smallest absolute Gasteiger partial charge is 0.201 e. The molecule has 0 radical (unpaired) electrons. The minimum Gasteiger partial charge on any atom is -0.395 e. The van der Waals surface area contributed by atoms with Gasteiger partial charge in [0.15, 0.2) is 0 Å². The summed E-state index contributed by atoms with van der Waals surface area (Å²) in [5.74, 6) is -0.153. The average Bonchev–Trinajstić information content (AvgIpc) is 2.07. The molecule has 0 amide bonds. The van der Waals surface area contributed by atoms with Crippen LogP contribution in [0, 0.1) is 5.41 Å². The predicted molar refractivity (Wildman–Crippen MR) is 45.0 cm³/mol. The molecule has 0 bridgehead atoms. The third kappa shape index (κ3) is 2.03. The summed E-state index contributed by atoms with van der Waals surface area (Å²) in [6, 6.07) is 0. The zero-order chi connectivity index (χ0) is 8.97. The number of rotatable bonds is 3. The highest BCUT2D eigenvalue weighted by Gasteiger charge is 2.09. The highest BCUT2D eigenvalue weighted by molar-refractivity contribution is 6.17. The van der Waals surface area contributed by atoms with Gasteiger partial charge in [-0.1, -0.05) is 0 Å². The number of aliphatic hydroxyl groups is 1. The summed E-state index contributed by atoms with van der Waals surface area (Å²) in [6.07, 6.45) is 4.21. The van der Waals surface area contributed by atoms with Crippen LogP contribution in [0.25, 0.3) is 0 Å². The lowest BCUT2D eigenvalue weighted by Crippen LogP contribution is -2.25. The number of ketones is 1. The fourth-order valence-corrected chi connectivity index (χ4v) is 0.859. The van der Waals surface area contributed by atoms with Crippen molar-refractivity contribution in [2.45, 2.75) is 0 Å². The Kier molecular flexibility index (Phi) is 2.76. The van der Waals surface area contributed by atoms with Gasteiger partial charge in [0.2, 0.25) is 5.78 Å². The molecule has 0 fully saturated rings. The van der Waals surface area contributed by atoms with Crippen molar-refractivity contribution in [2.75, 3.05) is 13.2 Å². The van der Waals surface area contributed by atoms with Gasteiger partial charge in [0.25, 0.3) is 0 Å². The largest absolute Gasteiger partial charge is 0.395 e. The van der Waals surface area contributed by atoms with Crippen molar-refractivity contribution >= 4 is 11.5 Å². The van der Waals surface area contributed by atoms with Gasteiger partial charge in [-0.25, -0.2) is 0 Å². The Morgan fingerprint density at radius 2 is 2.25 bits per heavy atom. The topological polar surface area (TPSA) is 73.2 Å². The second kappa shape index (κ2) is 3.82. The number of hydrogen-bond acceptors (Lipinski definition) is 4. The van der Waals surface area contributed by atoms with Crippen LogP contribution in [0.15, 0.2) is 23.9 Å². The molecule has 12 heavy (non-hydrogen) atoms. The summed E-state index contributed by atoms with van der Waals surface area (Å²) in [5, 5.41) is 18.4. The molecule has 0 unspecified atom stereocenters. The van der Waals surface area contributed by atoms with Crippen LogP contribution in [0.3, 0.4) is 0 Å². The van der Waals surface area contributed by atoms with E-state index in [2.05, 4.69) is 5.32 Å². The van der Waals surface area contributed by atoms with Crippen molar-refractivity contribution in [3.63, 3.8) is 0 Å². The molecule has 4 nitrogen and oxygen atoms in total. The minimum atomic E-state index is -0.153. The van der Waals surface area contributed by atoms with Crippen LogP contribution in [0.2, 0.25) is 0 Å². The van der Waals surface area contributed by atoms with E-state index in [1.165, 1.54) is 18.2 Å². The molecule has 3 N–H and O–H groups in total. The van der Waals surface area contributed by atoms with Gasteiger partial charge in [-0.05, 0) is 18.2 Å². The highest BCUT2D eigenvalue weighted by atomic mass is 16.3. The zero-order valence-corrected chi connectivity index (χ0v) is 6.50. The number of carbonyl (C=O) groups excluding carboxylic acids is 1. The van der Waals surface area contributed by atoms with Gasteiger partial charge in [0.1, 0.15) is 0 Å². The van der Waals surface area contributed by atoms with E-state index >= 15 is 0 Å². The van der Waals surface area contributed by atoms with E-state index < -0.39 is 0 Å². The van der Waals surface area contributed by atoms with Crippen molar-refractivity contribution in [3.05, 3.63) is 23.9 Å². The number of carbonyl (C=O) groups is 1. The van der Waals surface area contributed by atoms with Crippen LogP contribution in [0.5, 0.6) is 0 Å². The molecule has 0 saturated heterocycles. The van der Waals surface area contributed by atoms with Crippen LogP contribution in [0.1, 0.15) is 0 Å². The van der Waals surface area contributed by atoms with Crippen LogP contribution in [0.4, 0.5) is 0 Å². The Morgan fingerprint density at radius 3 is 2.92 bits per heavy atom. The average molecular weight is 166 g/mol. The van der Waals surface area contributed by atoms with Crippen LogP contribution >= 0.6 is 0 Å². The molecule has 0 aliphatic heterocycles. The quantitative estimate of drug-likeness (QED) is 0.500. The Labute approximate surface area is 70.1 Å². The molecular formula is C8H10N2O2. The Bertz CT molecular complexity index is 266. The highest BCUT2D eigenvalue weighted by Crippen LogP contribution is 2.01. The molecule has 0 heterocycles. The molecule has 0 aromatic rings. The van der Waals surface area contributed by atoms with Gasteiger partial charge in [0, 0.05) is 6.54 Å². The first kappa shape index (κ1) is 8.67. The number of hydrogen-bond donors (Lipinski definition) is 3. The maximum Gasteiger partial charge on any atom is 0.201 e. The third-order valence-corrected chi connectivity index (χ3v) is 1.41. The maximum atomic E-state index is 11.0. The molecule has 0 saturated carbocycles. The van der Waals surface area contributed by atoms with E-state index in [1.54, 1.807) is 0 Å². The molecule has 0 aromatic heterocycles. The fourth-order valence-electron chi connectivity index (χ4n) is 0.859. The monoisotopic (exact) mass is 166 g/mol. The van der Waals surface area contributed by atoms with Gasteiger partial charge >= 0.3 is 0 Å². The van der Waals surface area contributed by atoms with Crippen molar-refractivity contribution < 1.29 is 9.90 Å². The molecule has 1 rings (SSSR count). The lowest BCUT2D eigenvalue weighted by atomic mass is 10.1. The third-order valence-electron chi connectivity index (χ3n) is 1.41. The fraction of sp³-hybridized carbons (Fsp3) is 0.250. The SMILES string of the molecule is N=C1C=CC(=O)C(NCCO)=C1. The summed E-state index contributed by atoms with van der Waals surface area (Å²) in [5.41, 5.74) is 0.659. The second-order valence-electron chi connectivity index (χ2n) is 2.36. The van der Waals surface area contributed by atoms with Gasteiger partial charge < -0.3 is 15.8 Å². The van der Waals surface area contributed by atoms with Crippen LogP contribution < -0.4 is 5.32 Å². The standard InChI is InChI=1S/C8H10N2O2/c9-6-1-2-8(12)7(5-6)10-3-4-11/h1-2,5,9-11H,3-4H2. The first-order valence-corrected chi connectivity index (χ1v) is 3.61. The van der Waals surface area contributed by atoms with Crippen molar-refractivity contribution in [2.24, 2.45) is 0 Å². The molecule has 4 heteroatoms. The van der Waals surface area contributed by atoms with E-state index in [9.17, 15) is 4.79 Å². The summed E-state index contributed by atoms with van der Waals surface area (Å²) in [4.78, 5) is 11.0. The van der Waals surface area contributed by atoms with Gasteiger partial charge in [-0.3, -0.25) is 4.79 Å². The summed E-state index contributed by atoms with van der Waals surface area (Å²) >= 11 is 0. The minimum absolute atomic E-state index is 0.0261. The van der Waals surface area contributed by atoms with Gasteiger partial charge in [-0.2, -0.15) is 0 Å². The normalized spacial score (nSPS) is 16.2. The van der Waals surface area contributed by atoms with E-state index in [-0.39, 0.29) is 18.1 Å². The first-order valence-electron chi connectivity index (χ1n) is 3.61. The number of aliphatic hydroxyl groups excluding tert-OH is 1. The van der Waals surface area contributed by atoms with Crippen molar-refractivity contribution in [3.8, 4) is 0 Å². The lowest BCUT2D eigenvalue weighted by molar-refractivity contribution is -0.111. The summed E-state index contributed by atoms with van der Waals surface area (Å²) < 4.78 is 0. The predicted octanol–water partition coefficient (Wildman–Crippen LogP) is -0.389. The van der Waals surface area contributed by atoms with Crippen molar-refractivity contribution in [1.29, 1.82) is 5.41 Å². The van der Waals surface area contributed by atoms with Gasteiger partial charge in [0.05, 0.1) is 18.0 Å². The summed E-state index contributed by atoms with van der Waals surface area (Å²) in [7, 11) is 0. The molecular weight excluding hydrogens is 156 g/mol. The Hall–Kier alpha value is -1.42. The molecule has 0 aromatic carbocycles. The molecule has 64 valence electrons. The summed E-state index contributed by atoms with van der Waals surface area (Å²) in [6.45, 7) is 0.306. The lowest BCUT2D eigenvalue weighted by Gasteiger charge is -2.08. The van der Waals surface area contributed by atoms with Gasteiger partial charge in [-0.15, -0.1) is 0 Å². The molecule has 1 aliphatic carbocycles. The van der Waals surface area contributed by atoms with E-state index in [4.69, 9.17) is 10.5 Å². The maximum absolute atomic E-state index is 11.0. The van der Waals surface area contributed by atoms with Crippen LogP contribution in [-0.4, -0.2) is 29.8 Å². The first-order chi connectivity index (χ1) is 5.74.